The molecule has 0 radical (unpaired) electrons. The van der Waals surface area contributed by atoms with Gasteiger partial charge in [0.25, 0.3) is 5.91 Å². The van der Waals surface area contributed by atoms with Gasteiger partial charge in [0.2, 0.25) is 5.95 Å². The summed E-state index contributed by atoms with van der Waals surface area (Å²) in [6.07, 6.45) is 3.54. The number of methoxy groups -OCH3 is 1. The van der Waals surface area contributed by atoms with Crippen LogP contribution in [0.4, 0.5) is 16.0 Å². The number of nitrogens with one attached hydrogen (secondary N) is 1. The van der Waals surface area contributed by atoms with E-state index in [1.54, 1.807) is 49.7 Å². The number of halogens is 1. The van der Waals surface area contributed by atoms with E-state index in [9.17, 15) is 9.18 Å². The van der Waals surface area contributed by atoms with E-state index >= 15 is 0 Å². The predicted octanol–water partition coefficient (Wildman–Crippen LogP) is 4.39. The van der Waals surface area contributed by atoms with Gasteiger partial charge in [-0.25, -0.2) is 14.4 Å². The molecular weight excluding hydrogens is 383 g/mol. The first-order valence-electron chi connectivity index (χ1n) is 9.91. The Morgan fingerprint density at radius 3 is 2.80 bits per heavy atom. The number of anilines is 2. The fourth-order valence-electron chi connectivity index (χ4n) is 3.67. The first-order valence-corrected chi connectivity index (χ1v) is 9.91. The number of rotatable bonds is 5. The largest absolute Gasteiger partial charge is 0.497 e. The molecule has 1 aliphatic heterocycles. The number of carbonyl (C=O) groups is 1. The minimum atomic E-state index is -0.323. The Balaban J connectivity index is 1.47. The van der Waals surface area contributed by atoms with Gasteiger partial charge in [0.15, 0.2) is 0 Å². The highest BCUT2D eigenvalue weighted by molar-refractivity contribution is 5.94. The fraction of sp³-hybridized carbons (Fsp3) is 0.261. The van der Waals surface area contributed by atoms with E-state index in [1.165, 1.54) is 12.1 Å². The average molecular weight is 406 g/mol. The summed E-state index contributed by atoms with van der Waals surface area (Å²) in [5, 5.41) is 3.04. The number of ether oxygens (including phenoxy) is 1. The first-order chi connectivity index (χ1) is 14.6. The monoisotopic (exact) mass is 406 g/mol. The van der Waals surface area contributed by atoms with E-state index in [2.05, 4.69) is 15.3 Å². The van der Waals surface area contributed by atoms with Crippen molar-refractivity contribution in [2.75, 3.05) is 25.5 Å². The van der Waals surface area contributed by atoms with Crippen LogP contribution in [0.25, 0.3) is 0 Å². The second-order valence-electron chi connectivity index (χ2n) is 7.26. The van der Waals surface area contributed by atoms with Crippen LogP contribution in [0.15, 0.2) is 60.8 Å². The third-order valence-electron chi connectivity index (χ3n) is 5.22. The lowest BCUT2D eigenvalue weighted by atomic mass is 9.94. The highest BCUT2D eigenvalue weighted by Crippen LogP contribution is 2.27. The lowest BCUT2D eigenvalue weighted by Crippen LogP contribution is -2.39. The van der Waals surface area contributed by atoms with Crippen LogP contribution in [-0.4, -0.2) is 41.0 Å². The average Bonchev–Trinajstić information content (AvgIpc) is 2.79. The molecule has 1 saturated heterocycles. The number of hydrogen-bond acceptors (Lipinski definition) is 5. The molecule has 6 nitrogen and oxygen atoms in total. The second kappa shape index (κ2) is 8.90. The minimum Gasteiger partial charge on any atom is -0.497 e. The van der Waals surface area contributed by atoms with Crippen molar-refractivity contribution in [2.45, 2.75) is 18.8 Å². The van der Waals surface area contributed by atoms with E-state index in [0.29, 0.717) is 23.7 Å². The summed E-state index contributed by atoms with van der Waals surface area (Å²) in [6.45, 7) is 1.32. The number of carbonyl (C=O) groups excluding carboxylic acids is 1. The third kappa shape index (κ3) is 4.56. The van der Waals surface area contributed by atoms with Crippen LogP contribution in [0.1, 0.15) is 34.8 Å². The van der Waals surface area contributed by atoms with Crippen molar-refractivity contribution in [3.63, 3.8) is 0 Å². The predicted molar refractivity (Wildman–Crippen MR) is 113 cm³/mol. The van der Waals surface area contributed by atoms with Gasteiger partial charge in [0.1, 0.15) is 11.6 Å². The molecule has 0 aliphatic carbocycles. The maximum atomic E-state index is 13.4. The molecule has 2 heterocycles. The normalized spacial score (nSPS) is 16.2. The van der Waals surface area contributed by atoms with Crippen molar-refractivity contribution in [1.82, 2.24) is 14.9 Å². The molecule has 4 rings (SSSR count). The van der Waals surface area contributed by atoms with Gasteiger partial charge in [-0.05, 0) is 61.4 Å². The van der Waals surface area contributed by atoms with E-state index < -0.39 is 0 Å². The van der Waals surface area contributed by atoms with Crippen molar-refractivity contribution in [2.24, 2.45) is 0 Å². The van der Waals surface area contributed by atoms with Gasteiger partial charge in [-0.15, -0.1) is 0 Å². The lowest BCUT2D eigenvalue weighted by Gasteiger charge is -2.32. The number of aromatic nitrogens is 2. The fourth-order valence-corrected chi connectivity index (χ4v) is 3.67. The van der Waals surface area contributed by atoms with Gasteiger partial charge in [-0.3, -0.25) is 4.79 Å². The van der Waals surface area contributed by atoms with Gasteiger partial charge >= 0.3 is 0 Å². The zero-order valence-electron chi connectivity index (χ0n) is 16.7. The summed E-state index contributed by atoms with van der Waals surface area (Å²) in [5.74, 6) is 0.946. The van der Waals surface area contributed by atoms with Gasteiger partial charge in [0.05, 0.1) is 12.8 Å². The Labute approximate surface area is 174 Å². The Morgan fingerprint density at radius 2 is 2.03 bits per heavy atom. The van der Waals surface area contributed by atoms with Crippen LogP contribution in [0.3, 0.4) is 0 Å². The van der Waals surface area contributed by atoms with Crippen LogP contribution in [0.5, 0.6) is 5.75 Å². The molecule has 3 aromatic rings. The summed E-state index contributed by atoms with van der Waals surface area (Å²) in [7, 11) is 1.60. The molecule has 154 valence electrons. The molecule has 0 spiro atoms. The number of hydrogen-bond donors (Lipinski definition) is 1. The summed E-state index contributed by atoms with van der Waals surface area (Å²) in [4.78, 5) is 23.6. The molecule has 0 bridgehead atoms. The standard InChI is InChI=1S/C23H23FN4O2/c1-30-20-9-7-16(8-10-20)22(29)28-13-3-4-17(15-28)21-11-12-25-23(27-21)26-19-6-2-5-18(24)14-19/h2,5-12,14,17H,3-4,13,15H2,1H3,(H,25,26,27)/t17-/m0/s1. The topological polar surface area (TPSA) is 67.3 Å². The first kappa shape index (κ1) is 19.8. The third-order valence-corrected chi connectivity index (χ3v) is 5.22. The molecule has 0 unspecified atom stereocenters. The van der Waals surface area contributed by atoms with Crippen LogP contribution in [-0.2, 0) is 0 Å². The summed E-state index contributed by atoms with van der Waals surface area (Å²) >= 11 is 0. The maximum Gasteiger partial charge on any atom is 0.253 e. The van der Waals surface area contributed by atoms with E-state index in [0.717, 1.165) is 30.8 Å². The highest BCUT2D eigenvalue weighted by Gasteiger charge is 2.26. The van der Waals surface area contributed by atoms with Crippen molar-refractivity contribution in [3.05, 3.63) is 77.9 Å². The number of amides is 1. The van der Waals surface area contributed by atoms with Crippen molar-refractivity contribution < 1.29 is 13.9 Å². The summed E-state index contributed by atoms with van der Waals surface area (Å²) < 4.78 is 18.6. The molecule has 1 N–H and O–H groups in total. The molecule has 1 aromatic heterocycles. The van der Waals surface area contributed by atoms with E-state index in [-0.39, 0.29) is 17.6 Å². The molecular formula is C23H23FN4O2. The Hall–Kier alpha value is -3.48. The van der Waals surface area contributed by atoms with Crippen LogP contribution >= 0.6 is 0 Å². The molecule has 30 heavy (non-hydrogen) atoms. The van der Waals surface area contributed by atoms with E-state index in [1.807, 2.05) is 11.0 Å². The quantitative estimate of drug-likeness (QED) is 0.681. The second-order valence-corrected chi connectivity index (χ2v) is 7.26. The van der Waals surface area contributed by atoms with E-state index in [4.69, 9.17) is 4.74 Å². The molecule has 1 fully saturated rings. The van der Waals surface area contributed by atoms with Gasteiger partial charge in [0, 0.05) is 36.5 Å². The van der Waals surface area contributed by atoms with Gasteiger partial charge in [-0.2, -0.15) is 0 Å². The highest BCUT2D eigenvalue weighted by atomic mass is 19.1. The molecule has 1 atom stereocenters. The zero-order chi connectivity index (χ0) is 20.9. The number of likely N-dealkylation sites (tertiary alicyclic amines) is 1. The molecule has 2 aromatic carbocycles. The Bertz CT molecular complexity index is 1030. The molecule has 0 saturated carbocycles. The Morgan fingerprint density at radius 1 is 1.20 bits per heavy atom. The van der Waals surface area contributed by atoms with Crippen LogP contribution < -0.4 is 10.1 Å². The van der Waals surface area contributed by atoms with Gasteiger partial charge < -0.3 is 15.0 Å². The molecule has 1 amide bonds. The Kier molecular flexibility index (Phi) is 5.88. The lowest BCUT2D eigenvalue weighted by molar-refractivity contribution is 0.0706. The smallest absolute Gasteiger partial charge is 0.253 e. The van der Waals surface area contributed by atoms with Crippen molar-refractivity contribution in [3.8, 4) is 5.75 Å². The van der Waals surface area contributed by atoms with Crippen molar-refractivity contribution in [1.29, 1.82) is 0 Å². The summed E-state index contributed by atoms with van der Waals surface area (Å²) in [6, 6.07) is 15.2. The maximum absolute atomic E-state index is 13.4. The minimum absolute atomic E-state index is 0.00881. The number of piperidine rings is 1. The van der Waals surface area contributed by atoms with Gasteiger partial charge in [-0.1, -0.05) is 6.07 Å². The SMILES string of the molecule is COc1ccc(C(=O)N2CCC[C@H](c3ccnc(Nc4cccc(F)c4)n3)C2)cc1. The van der Waals surface area contributed by atoms with Crippen molar-refractivity contribution >= 4 is 17.5 Å². The zero-order valence-corrected chi connectivity index (χ0v) is 16.7. The molecule has 7 heteroatoms. The number of nitrogens with zero attached hydrogens (tertiary/aromatic N) is 3. The van der Waals surface area contributed by atoms with Crippen LogP contribution in [0.2, 0.25) is 0 Å². The number of benzene rings is 2. The molecule has 1 aliphatic rings. The van der Waals surface area contributed by atoms with Crippen LogP contribution in [0, 0.1) is 5.82 Å². The summed E-state index contributed by atoms with van der Waals surface area (Å²) in [5.41, 5.74) is 2.11.